The molecule has 0 spiro atoms. The number of hydrogen-bond donors (Lipinski definition) is 0. The van der Waals surface area contributed by atoms with Crippen molar-refractivity contribution in [2.24, 2.45) is 0 Å². The molecule has 1 aliphatic rings. The standard InChI is InChI=1S/C17H13F3O4/c1-22-11-7-9-8-5-4-6-10(17(18,19)20)12(8)14(21)13(9)16(24-3)15(11)23-2/h4-7H,1-3H3. The van der Waals surface area contributed by atoms with Crippen molar-refractivity contribution in [3.8, 4) is 28.4 Å². The predicted octanol–water partition coefficient (Wildman–Crippen LogP) is 3.94. The highest BCUT2D eigenvalue weighted by atomic mass is 19.4. The molecule has 0 fully saturated rings. The second kappa shape index (κ2) is 5.43. The summed E-state index contributed by atoms with van der Waals surface area (Å²) in [7, 11) is 4.08. The first kappa shape index (κ1) is 16.2. The maximum Gasteiger partial charge on any atom is 0.417 e. The molecule has 24 heavy (non-hydrogen) atoms. The average Bonchev–Trinajstić information content (AvgIpc) is 2.84. The van der Waals surface area contributed by atoms with Crippen LogP contribution in [0.1, 0.15) is 21.5 Å². The molecule has 1 aliphatic carbocycles. The maximum atomic E-state index is 13.3. The summed E-state index contributed by atoms with van der Waals surface area (Å²) in [5.74, 6) is -0.258. The zero-order valence-electron chi connectivity index (χ0n) is 13.1. The number of halogens is 3. The van der Waals surface area contributed by atoms with Crippen LogP contribution in [0.2, 0.25) is 0 Å². The average molecular weight is 338 g/mol. The van der Waals surface area contributed by atoms with Crippen molar-refractivity contribution in [3.63, 3.8) is 0 Å². The molecule has 0 bridgehead atoms. The van der Waals surface area contributed by atoms with Gasteiger partial charge >= 0.3 is 6.18 Å². The molecule has 7 heteroatoms. The van der Waals surface area contributed by atoms with Gasteiger partial charge in [-0.15, -0.1) is 0 Å². The fourth-order valence-electron chi connectivity index (χ4n) is 2.98. The van der Waals surface area contributed by atoms with Gasteiger partial charge in [0, 0.05) is 11.1 Å². The van der Waals surface area contributed by atoms with Gasteiger partial charge in [-0.2, -0.15) is 13.2 Å². The number of carbonyl (C=O) groups is 1. The van der Waals surface area contributed by atoms with Gasteiger partial charge in [0.1, 0.15) is 0 Å². The highest BCUT2D eigenvalue weighted by molar-refractivity contribution is 6.24. The molecule has 0 amide bonds. The molecular formula is C17H13F3O4. The van der Waals surface area contributed by atoms with Crippen molar-refractivity contribution >= 4 is 5.78 Å². The van der Waals surface area contributed by atoms with E-state index >= 15 is 0 Å². The SMILES string of the molecule is COc1cc2c(c(OC)c1OC)C(=O)c1c-2cccc1C(F)(F)F. The number of hydrogen-bond acceptors (Lipinski definition) is 4. The Labute approximate surface area is 135 Å². The van der Waals surface area contributed by atoms with Crippen molar-refractivity contribution in [1.82, 2.24) is 0 Å². The van der Waals surface area contributed by atoms with Gasteiger partial charge in [-0.25, -0.2) is 0 Å². The van der Waals surface area contributed by atoms with Gasteiger partial charge in [0.25, 0.3) is 0 Å². The first-order chi connectivity index (χ1) is 11.3. The Morgan fingerprint density at radius 3 is 2.08 bits per heavy atom. The van der Waals surface area contributed by atoms with E-state index in [4.69, 9.17) is 14.2 Å². The summed E-state index contributed by atoms with van der Waals surface area (Å²) in [6, 6.07) is 5.12. The summed E-state index contributed by atoms with van der Waals surface area (Å²) < 4.78 is 55.5. The number of ketones is 1. The quantitative estimate of drug-likeness (QED) is 0.726. The lowest BCUT2D eigenvalue weighted by atomic mass is 10.0. The third kappa shape index (κ3) is 2.11. The highest BCUT2D eigenvalue weighted by Gasteiger charge is 2.42. The first-order valence-electron chi connectivity index (χ1n) is 6.93. The van der Waals surface area contributed by atoms with E-state index < -0.39 is 17.5 Å². The Morgan fingerprint density at radius 1 is 0.875 bits per heavy atom. The van der Waals surface area contributed by atoms with Gasteiger partial charge in [0.05, 0.1) is 32.5 Å². The van der Waals surface area contributed by atoms with Crippen LogP contribution < -0.4 is 14.2 Å². The van der Waals surface area contributed by atoms with Crippen molar-refractivity contribution in [1.29, 1.82) is 0 Å². The van der Waals surface area contributed by atoms with E-state index in [0.29, 0.717) is 5.56 Å². The summed E-state index contributed by atoms with van der Waals surface area (Å²) in [6.45, 7) is 0. The number of fused-ring (bicyclic) bond motifs is 3. The normalized spacial score (nSPS) is 12.7. The maximum absolute atomic E-state index is 13.3. The third-order valence-electron chi connectivity index (χ3n) is 3.94. The van der Waals surface area contributed by atoms with Crippen LogP contribution in [0, 0.1) is 0 Å². The van der Waals surface area contributed by atoms with Gasteiger partial charge in [-0.3, -0.25) is 4.79 Å². The largest absolute Gasteiger partial charge is 0.493 e. The minimum Gasteiger partial charge on any atom is -0.493 e. The van der Waals surface area contributed by atoms with Gasteiger partial charge in [0.15, 0.2) is 17.3 Å². The topological polar surface area (TPSA) is 44.8 Å². The summed E-state index contributed by atoms with van der Waals surface area (Å²) in [5.41, 5.74) is -0.781. The molecule has 0 saturated carbocycles. The molecule has 4 nitrogen and oxygen atoms in total. The van der Waals surface area contributed by atoms with E-state index in [1.807, 2.05) is 0 Å². The Kier molecular flexibility index (Phi) is 3.66. The van der Waals surface area contributed by atoms with E-state index in [2.05, 4.69) is 0 Å². The summed E-state index contributed by atoms with van der Waals surface area (Å²) in [5, 5.41) is 0. The number of carbonyl (C=O) groups excluding carboxylic acids is 1. The van der Waals surface area contributed by atoms with Crippen LogP contribution in [0.3, 0.4) is 0 Å². The van der Waals surface area contributed by atoms with Crippen LogP contribution in [-0.2, 0) is 6.18 Å². The van der Waals surface area contributed by atoms with E-state index in [0.717, 1.165) is 6.07 Å². The molecule has 0 radical (unpaired) electrons. The molecule has 2 aromatic carbocycles. The monoisotopic (exact) mass is 338 g/mol. The Hall–Kier alpha value is -2.70. The smallest absolute Gasteiger partial charge is 0.417 e. The van der Waals surface area contributed by atoms with Crippen LogP contribution in [0.25, 0.3) is 11.1 Å². The van der Waals surface area contributed by atoms with Crippen molar-refractivity contribution in [2.75, 3.05) is 21.3 Å². The molecule has 0 aromatic heterocycles. The molecule has 0 atom stereocenters. The van der Waals surface area contributed by atoms with Gasteiger partial charge < -0.3 is 14.2 Å². The zero-order valence-corrected chi connectivity index (χ0v) is 13.1. The van der Waals surface area contributed by atoms with Crippen LogP contribution in [0.4, 0.5) is 13.2 Å². The zero-order chi connectivity index (χ0) is 17.6. The minimum absolute atomic E-state index is 0.0434. The number of alkyl halides is 3. The molecule has 2 aromatic rings. The second-order valence-corrected chi connectivity index (χ2v) is 5.12. The first-order valence-corrected chi connectivity index (χ1v) is 6.93. The molecule has 126 valence electrons. The summed E-state index contributed by atoms with van der Waals surface area (Å²) in [4.78, 5) is 12.7. The highest BCUT2D eigenvalue weighted by Crippen LogP contribution is 2.52. The van der Waals surface area contributed by atoms with Crippen LogP contribution in [0.5, 0.6) is 17.2 Å². The van der Waals surface area contributed by atoms with E-state index in [-0.39, 0.29) is 33.9 Å². The van der Waals surface area contributed by atoms with Crippen molar-refractivity contribution < 1.29 is 32.2 Å². The Bertz CT molecular complexity index is 841. The number of rotatable bonds is 3. The Morgan fingerprint density at radius 2 is 1.54 bits per heavy atom. The summed E-state index contributed by atoms with van der Waals surface area (Å²) >= 11 is 0. The van der Waals surface area contributed by atoms with Gasteiger partial charge in [-0.05, 0) is 17.7 Å². The fourth-order valence-corrected chi connectivity index (χ4v) is 2.98. The molecular weight excluding hydrogens is 325 g/mol. The van der Waals surface area contributed by atoms with E-state index in [9.17, 15) is 18.0 Å². The number of methoxy groups -OCH3 is 3. The van der Waals surface area contributed by atoms with Crippen molar-refractivity contribution in [3.05, 3.63) is 41.0 Å². The molecule has 0 N–H and O–H groups in total. The molecule has 0 aliphatic heterocycles. The number of benzene rings is 2. The van der Waals surface area contributed by atoms with E-state index in [1.165, 1.54) is 39.5 Å². The van der Waals surface area contributed by atoms with Gasteiger partial charge in [0.2, 0.25) is 5.75 Å². The lowest BCUT2D eigenvalue weighted by molar-refractivity contribution is -0.137. The molecule has 0 unspecified atom stereocenters. The van der Waals surface area contributed by atoms with E-state index in [1.54, 1.807) is 0 Å². The molecule has 0 saturated heterocycles. The molecule has 3 rings (SSSR count). The van der Waals surface area contributed by atoms with Crippen LogP contribution in [0.15, 0.2) is 24.3 Å². The van der Waals surface area contributed by atoms with Crippen LogP contribution in [-0.4, -0.2) is 27.1 Å². The number of ether oxygens (including phenoxy) is 3. The Balaban J connectivity index is 2.38. The second-order valence-electron chi connectivity index (χ2n) is 5.12. The molecule has 0 heterocycles. The summed E-state index contributed by atoms with van der Waals surface area (Å²) in [6.07, 6.45) is -4.63. The minimum atomic E-state index is -4.63. The fraction of sp³-hybridized carbons (Fsp3) is 0.235. The lowest BCUT2D eigenvalue weighted by Crippen LogP contribution is -2.12. The van der Waals surface area contributed by atoms with Crippen molar-refractivity contribution in [2.45, 2.75) is 6.18 Å². The lowest BCUT2D eigenvalue weighted by Gasteiger charge is -2.15. The third-order valence-corrected chi connectivity index (χ3v) is 3.94. The van der Waals surface area contributed by atoms with Crippen LogP contribution >= 0.6 is 0 Å². The predicted molar refractivity (Wildman–Crippen MR) is 80.0 cm³/mol. The van der Waals surface area contributed by atoms with Gasteiger partial charge in [-0.1, -0.05) is 12.1 Å².